The topological polar surface area (TPSA) is 51.1 Å². The van der Waals surface area contributed by atoms with Crippen molar-refractivity contribution in [2.24, 2.45) is 16.8 Å². The van der Waals surface area contributed by atoms with E-state index in [-0.39, 0.29) is 29.8 Å². The number of carbonyl (C=O) groups excluding carboxylic acids is 1. The molecule has 0 aromatic heterocycles. The second-order valence-electron chi connectivity index (χ2n) is 7.88. The van der Waals surface area contributed by atoms with Crippen LogP contribution in [0.4, 0.5) is 9.18 Å². The Labute approximate surface area is 143 Å². The molecule has 0 aromatic carbocycles. The van der Waals surface area contributed by atoms with Gasteiger partial charge in [-0.15, -0.1) is 0 Å². The van der Waals surface area contributed by atoms with Crippen LogP contribution in [0.15, 0.2) is 17.0 Å². The SMILES string of the molecule is CC1CC(F)=CN=C1OC[C@@H]1CC[C@@H](C)N(C(=O)OC(C)(C)C)C1. The Kier molecular flexibility index (Phi) is 5.88. The minimum absolute atomic E-state index is 0.0422. The normalized spacial score (nSPS) is 28.1. The van der Waals surface area contributed by atoms with Crippen LogP contribution in [0.3, 0.4) is 0 Å². The van der Waals surface area contributed by atoms with Gasteiger partial charge < -0.3 is 14.4 Å². The van der Waals surface area contributed by atoms with Gasteiger partial charge in [-0.1, -0.05) is 6.92 Å². The minimum atomic E-state index is -0.497. The zero-order valence-electron chi connectivity index (χ0n) is 15.3. The van der Waals surface area contributed by atoms with E-state index in [1.807, 2.05) is 34.6 Å². The van der Waals surface area contributed by atoms with E-state index >= 15 is 0 Å². The minimum Gasteiger partial charge on any atom is -0.480 e. The Morgan fingerprint density at radius 3 is 2.71 bits per heavy atom. The van der Waals surface area contributed by atoms with Crippen molar-refractivity contribution in [1.82, 2.24) is 4.90 Å². The van der Waals surface area contributed by atoms with Crippen molar-refractivity contribution >= 4 is 12.0 Å². The maximum atomic E-state index is 13.2. The van der Waals surface area contributed by atoms with Gasteiger partial charge in [-0.05, 0) is 40.5 Å². The third kappa shape index (κ3) is 5.21. The van der Waals surface area contributed by atoms with E-state index in [0.29, 0.717) is 25.5 Å². The number of rotatable bonds is 2. The first kappa shape index (κ1) is 18.7. The number of nitrogens with zero attached hydrogens (tertiary/aromatic N) is 2. The van der Waals surface area contributed by atoms with E-state index in [0.717, 1.165) is 12.8 Å². The van der Waals surface area contributed by atoms with Crippen molar-refractivity contribution in [3.63, 3.8) is 0 Å². The fourth-order valence-corrected chi connectivity index (χ4v) is 2.97. The third-order valence-electron chi connectivity index (χ3n) is 4.33. The standard InChI is InChI=1S/C18H29FN2O3/c1-12-8-15(19)9-20-16(12)23-11-14-7-6-13(2)21(10-14)17(22)24-18(3,4)5/h9,12-14H,6-8,10-11H2,1-5H3/t12?,13-,14-/m1/s1. The molecule has 2 aliphatic rings. The second-order valence-corrected chi connectivity index (χ2v) is 7.88. The summed E-state index contributed by atoms with van der Waals surface area (Å²) in [7, 11) is 0. The molecule has 5 nitrogen and oxygen atoms in total. The highest BCUT2D eigenvalue weighted by Crippen LogP contribution is 2.26. The van der Waals surface area contributed by atoms with Crippen molar-refractivity contribution in [1.29, 1.82) is 0 Å². The molecular formula is C18H29FN2O3. The fraction of sp³-hybridized carbons (Fsp3) is 0.778. The van der Waals surface area contributed by atoms with E-state index in [1.165, 1.54) is 6.20 Å². The van der Waals surface area contributed by atoms with Crippen LogP contribution in [0.1, 0.15) is 53.9 Å². The van der Waals surface area contributed by atoms with Crippen molar-refractivity contribution in [3.05, 3.63) is 12.0 Å². The van der Waals surface area contributed by atoms with Gasteiger partial charge in [0.1, 0.15) is 11.4 Å². The zero-order valence-corrected chi connectivity index (χ0v) is 15.3. The molecule has 24 heavy (non-hydrogen) atoms. The monoisotopic (exact) mass is 340 g/mol. The molecule has 2 heterocycles. The van der Waals surface area contributed by atoms with Crippen LogP contribution in [0, 0.1) is 11.8 Å². The maximum absolute atomic E-state index is 13.2. The van der Waals surface area contributed by atoms with Crippen molar-refractivity contribution in [2.45, 2.75) is 65.5 Å². The van der Waals surface area contributed by atoms with Crippen LogP contribution in [-0.2, 0) is 9.47 Å². The van der Waals surface area contributed by atoms with Crippen LogP contribution < -0.4 is 0 Å². The number of allylic oxidation sites excluding steroid dienone is 1. The highest BCUT2D eigenvalue weighted by molar-refractivity contribution is 5.80. The van der Waals surface area contributed by atoms with Gasteiger partial charge in [-0.3, -0.25) is 0 Å². The number of hydrogen-bond donors (Lipinski definition) is 0. The number of halogens is 1. The zero-order chi connectivity index (χ0) is 17.9. The molecule has 0 bridgehead atoms. The van der Waals surface area contributed by atoms with Crippen LogP contribution >= 0.6 is 0 Å². The molecule has 2 rings (SSSR count). The Morgan fingerprint density at radius 2 is 2.08 bits per heavy atom. The molecule has 0 radical (unpaired) electrons. The molecule has 1 fully saturated rings. The molecule has 0 aromatic rings. The number of hydrogen-bond acceptors (Lipinski definition) is 4. The summed E-state index contributed by atoms with van der Waals surface area (Å²) in [4.78, 5) is 18.2. The fourth-order valence-electron chi connectivity index (χ4n) is 2.97. The lowest BCUT2D eigenvalue weighted by Crippen LogP contribution is -2.48. The molecule has 2 aliphatic heterocycles. The first-order valence-corrected chi connectivity index (χ1v) is 8.70. The number of aliphatic imine (C=N–C) groups is 1. The van der Waals surface area contributed by atoms with Gasteiger partial charge in [0.15, 0.2) is 5.90 Å². The van der Waals surface area contributed by atoms with E-state index in [4.69, 9.17) is 9.47 Å². The Hall–Kier alpha value is -1.59. The van der Waals surface area contributed by atoms with Gasteiger partial charge in [-0.25, -0.2) is 14.2 Å². The van der Waals surface area contributed by atoms with Gasteiger partial charge in [-0.2, -0.15) is 0 Å². The quantitative estimate of drug-likeness (QED) is 0.753. The molecule has 0 N–H and O–H groups in total. The largest absolute Gasteiger partial charge is 0.480 e. The van der Waals surface area contributed by atoms with Gasteiger partial charge in [0.05, 0.1) is 12.8 Å². The number of amides is 1. The molecule has 1 amide bonds. The highest BCUT2D eigenvalue weighted by Gasteiger charge is 2.32. The molecular weight excluding hydrogens is 311 g/mol. The summed E-state index contributed by atoms with van der Waals surface area (Å²) in [5.74, 6) is 0.565. The first-order chi connectivity index (χ1) is 11.2. The number of carbonyl (C=O) groups is 1. The summed E-state index contributed by atoms with van der Waals surface area (Å²) in [6.45, 7) is 10.7. The maximum Gasteiger partial charge on any atom is 0.410 e. The summed E-state index contributed by atoms with van der Waals surface area (Å²) in [5.41, 5.74) is -0.497. The summed E-state index contributed by atoms with van der Waals surface area (Å²) in [6.07, 6.45) is 3.21. The number of piperidine rings is 1. The first-order valence-electron chi connectivity index (χ1n) is 8.70. The summed E-state index contributed by atoms with van der Waals surface area (Å²) in [6, 6.07) is 0.166. The highest BCUT2D eigenvalue weighted by atomic mass is 19.1. The molecule has 0 saturated carbocycles. The molecule has 1 unspecified atom stereocenters. The predicted octanol–water partition coefficient (Wildman–Crippen LogP) is 4.29. The molecule has 3 atom stereocenters. The molecule has 0 spiro atoms. The smallest absolute Gasteiger partial charge is 0.410 e. The Morgan fingerprint density at radius 1 is 1.38 bits per heavy atom. The van der Waals surface area contributed by atoms with Gasteiger partial charge in [0.25, 0.3) is 0 Å². The van der Waals surface area contributed by atoms with E-state index in [2.05, 4.69) is 4.99 Å². The van der Waals surface area contributed by atoms with E-state index < -0.39 is 5.60 Å². The summed E-state index contributed by atoms with van der Waals surface area (Å²) < 4.78 is 24.5. The Bertz CT molecular complexity index is 525. The average molecular weight is 340 g/mol. The summed E-state index contributed by atoms with van der Waals surface area (Å²) >= 11 is 0. The van der Waals surface area contributed by atoms with E-state index in [9.17, 15) is 9.18 Å². The number of ether oxygens (including phenoxy) is 2. The summed E-state index contributed by atoms with van der Waals surface area (Å²) in [5, 5.41) is 0. The van der Waals surface area contributed by atoms with Gasteiger partial charge in [0.2, 0.25) is 0 Å². The second kappa shape index (κ2) is 7.53. The molecule has 6 heteroatoms. The Balaban J connectivity index is 1.90. The van der Waals surface area contributed by atoms with E-state index in [1.54, 1.807) is 4.90 Å². The lowest BCUT2D eigenvalue weighted by Gasteiger charge is -2.38. The molecule has 0 aliphatic carbocycles. The van der Waals surface area contributed by atoms with Crippen molar-refractivity contribution < 1.29 is 18.7 Å². The lowest BCUT2D eigenvalue weighted by atomic mass is 9.94. The number of likely N-dealkylation sites (tertiary alicyclic amines) is 1. The van der Waals surface area contributed by atoms with Crippen LogP contribution in [-0.4, -0.2) is 41.7 Å². The average Bonchev–Trinajstić information content (AvgIpc) is 2.46. The van der Waals surface area contributed by atoms with Crippen molar-refractivity contribution in [2.75, 3.05) is 13.2 Å². The van der Waals surface area contributed by atoms with Crippen LogP contribution in [0.2, 0.25) is 0 Å². The van der Waals surface area contributed by atoms with Gasteiger partial charge >= 0.3 is 6.09 Å². The molecule has 1 saturated heterocycles. The molecule has 136 valence electrons. The van der Waals surface area contributed by atoms with Gasteiger partial charge in [0, 0.05) is 30.8 Å². The van der Waals surface area contributed by atoms with Crippen LogP contribution in [0.25, 0.3) is 0 Å². The van der Waals surface area contributed by atoms with Crippen LogP contribution in [0.5, 0.6) is 0 Å². The van der Waals surface area contributed by atoms with Crippen molar-refractivity contribution in [3.8, 4) is 0 Å². The predicted molar refractivity (Wildman–Crippen MR) is 91.5 cm³/mol. The lowest BCUT2D eigenvalue weighted by molar-refractivity contribution is 0.00140. The third-order valence-corrected chi connectivity index (χ3v) is 4.33.